The fourth-order valence-electron chi connectivity index (χ4n) is 2.60. The minimum absolute atomic E-state index is 0.136. The molecular weight excluding hydrogens is 266 g/mol. The van der Waals surface area contributed by atoms with Gasteiger partial charge in [-0.1, -0.05) is 17.7 Å². The van der Waals surface area contributed by atoms with Crippen LogP contribution in [0.4, 0.5) is 0 Å². The fraction of sp³-hybridized carbons (Fsp3) is 0.294. The highest BCUT2D eigenvalue weighted by Crippen LogP contribution is 2.26. The molecule has 1 aromatic carbocycles. The standard InChI is InChI=1S/C17H17NO3/c1-10-6-11(2)14(12(3)7-10)8-13(9-18)15-4-5-16(21-15)17(19)20/h4-7,13H,8H2,1-3H3,(H,19,20). The molecule has 4 nitrogen and oxygen atoms in total. The maximum atomic E-state index is 10.9. The van der Waals surface area contributed by atoms with E-state index in [1.54, 1.807) is 6.07 Å². The van der Waals surface area contributed by atoms with Crippen LogP contribution < -0.4 is 0 Å². The number of carboxylic acids is 1. The molecule has 0 amide bonds. The van der Waals surface area contributed by atoms with E-state index in [0.29, 0.717) is 12.2 Å². The Bertz CT molecular complexity index is 699. The minimum atomic E-state index is -1.12. The van der Waals surface area contributed by atoms with Gasteiger partial charge in [0.25, 0.3) is 0 Å². The summed E-state index contributed by atoms with van der Waals surface area (Å²) in [5.74, 6) is -1.35. The van der Waals surface area contributed by atoms with Crippen molar-refractivity contribution in [1.29, 1.82) is 5.26 Å². The molecule has 0 aliphatic carbocycles. The number of hydrogen-bond donors (Lipinski definition) is 1. The van der Waals surface area contributed by atoms with E-state index in [9.17, 15) is 10.1 Å². The SMILES string of the molecule is Cc1cc(C)c(CC(C#N)c2ccc(C(=O)O)o2)c(C)c1. The van der Waals surface area contributed by atoms with Crippen molar-refractivity contribution in [3.05, 3.63) is 58.0 Å². The van der Waals surface area contributed by atoms with Gasteiger partial charge in [-0.25, -0.2) is 4.79 Å². The van der Waals surface area contributed by atoms with Crippen molar-refractivity contribution in [3.8, 4) is 6.07 Å². The number of carboxylic acid groups (broad SMARTS) is 1. The average molecular weight is 283 g/mol. The van der Waals surface area contributed by atoms with E-state index in [1.807, 2.05) is 20.8 Å². The molecule has 0 aliphatic rings. The van der Waals surface area contributed by atoms with Crippen LogP contribution in [-0.2, 0) is 6.42 Å². The summed E-state index contributed by atoms with van der Waals surface area (Å²) in [7, 11) is 0. The van der Waals surface area contributed by atoms with E-state index in [2.05, 4.69) is 18.2 Å². The van der Waals surface area contributed by atoms with Gasteiger partial charge < -0.3 is 9.52 Å². The molecule has 0 saturated heterocycles. The molecule has 0 aliphatic heterocycles. The van der Waals surface area contributed by atoms with Crippen LogP contribution in [0.15, 0.2) is 28.7 Å². The highest BCUT2D eigenvalue weighted by atomic mass is 16.4. The molecule has 1 aromatic heterocycles. The molecule has 21 heavy (non-hydrogen) atoms. The lowest BCUT2D eigenvalue weighted by Gasteiger charge is -2.13. The molecule has 0 saturated carbocycles. The third-order valence-electron chi connectivity index (χ3n) is 3.59. The molecule has 0 spiro atoms. The first-order chi connectivity index (χ1) is 9.92. The Balaban J connectivity index is 2.31. The van der Waals surface area contributed by atoms with Gasteiger partial charge in [-0.15, -0.1) is 0 Å². The van der Waals surface area contributed by atoms with Gasteiger partial charge in [0.2, 0.25) is 5.76 Å². The van der Waals surface area contributed by atoms with E-state index >= 15 is 0 Å². The van der Waals surface area contributed by atoms with Gasteiger partial charge in [-0.2, -0.15) is 5.26 Å². The number of carbonyl (C=O) groups is 1. The fourth-order valence-corrected chi connectivity index (χ4v) is 2.60. The van der Waals surface area contributed by atoms with Crippen LogP contribution >= 0.6 is 0 Å². The van der Waals surface area contributed by atoms with Crippen LogP contribution in [0.1, 0.15) is 44.5 Å². The summed E-state index contributed by atoms with van der Waals surface area (Å²) in [6.45, 7) is 6.08. The quantitative estimate of drug-likeness (QED) is 0.927. The van der Waals surface area contributed by atoms with Crippen molar-refractivity contribution in [3.63, 3.8) is 0 Å². The highest BCUT2D eigenvalue weighted by Gasteiger charge is 2.20. The number of aromatic carboxylic acids is 1. The topological polar surface area (TPSA) is 74.2 Å². The molecule has 1 heterocycles. The van der Waals surface area contributed by atoms with Crippen molar-refractivity contribution < 1.29 is 14.3 Å². The van der Waals surface area contributed by atoms with Crippen molar-refractivity contribution in [2.45, 2.75) is 33.1 Å². The molecule has 2 rings (SSSR count). The Morgan fingerprint density at radius 1 is 1.29 bits per heavy atom. The lowest BCUT2D eigenvalue weighted by atomic mass is 9.91. The Morgan fingerprint density at radius 3 is 2.38 bits per heavy atom. The molecule has 1 N–H and O–H groups in total. The van der Waals surface area contributed by atoms with Crippen molar-refractivity contribution in [2.24, 2.45) is 0 Å². The van der Waals surface area contributed by atoms with Crippen LogP contribution in [-0.4, -0.2) is 11.1 Å². The van der Waals surface area contributed by atoms with E-state index in [-0.39, 0.29) is 5.76 Å². The first-order valence-electron chi connectivity index (χ1n) is 6.71. The van der Waals surface area contributed by atoms with Gasteiger partial charge in [0.15, 0.2) is 0 Å². The molecular formula is C17H17NO3. The lowest BCUT2D eigenvalue weighted by molar-refractivity contribution is 0.0660. The summed E-state index contributed by atoms with van der Waals surface area (Å²) in [5, 5.41) is 18.3. The second kappa shape index (κ2) is 5.84. The zero-order valence-corrected chi connectivity index (χ0v) is 12.3. The highest BCUT2D eigenvalue weighted by molar-refractivity contribution is 5.84. The average Bonchev–Trinajstić information content (AvgIpc) is 2.87. The monoisotopic (exact) mass is 283 g/mol. The van der Waals surface area contributed by atoms with Gasteiger partial charge in [0.05, 0.1) is 6.07 Å². The van der Waals surface area contributed by atoms with Crippen LogP contribution in [0.3, 0.4) is 0 Å². The zero-order valence-electron chi connectivity index (χ0n) is 12.3. The molecule has 0 fully saturated rings. The second-order valence-electron chi connectivity index (χ2n) is 5.27. The van der Waals surface area contributed by atoms with Gasteiger partial charge in [-0.05, 0) is 56.0 Å². The van der Waals surface area contributed by atoms with E-state index in [0.717, 1.165) is 16.7 Å². The Hall–Kier alpha value is -2.54. The number of rotatable bonds is 4. The summed E-state index contributed by atoms with van der Waals surface area (Å²) >= 11 is 0. The minimum Gasteiger partial charge on any atom is -0.475 e. The Kier molecular flexibility index (Phi) is 4.13. The smallest absolute Gasteiger partial charge is 0.371 e. The number of nitrogens with zero attached hydrogens (tertiary/aromatic N) is 1. The molecule has 0 radical (unpaired) electrons. The van der Waals surface area contributed by atoms with Gasteiger partial charge in [-0.3, -0.25) is 0 Å². The second-order valence-corrected chi connectivity index (χ2v) is 5.27. The molecule has 2 aromatic rings. The number of furan rings is 1. The Morgan fingerprint density at radius 2 is 1.90 bits per heavy atom. The third-order valence-corrected chi connectivity index (χ3v) is 3.59. The predicted molar refractivity (Wildman–Crippen MR) is 78.4 cm³/mol. The van der Waals surface area contributed by atoms with Crippen molar-refractivity contribution in [2.75, 3.05) is 0 Å². The Labute approximate surface area is 123 Å². The summed E-state index contributed by atoms with van der Waals surface area (Å²) in [6.07, 6.45) is 0.515. The molecule has 108 valence electrons. The number of benzene rings is 1. The van der Waals surface area contributed by atoms with Crippen LogP contribution in [0.25, 0.3) is 0 Å². The number of aryl methyl sites for hydroxylation is 3. The summed E-state index contributed by atoms with van der Waals surface area (Å²) in [6, 6.07) is 9.32. The molecule has 0 bridgehead atoms. The summed E-state index contributed by atoms with van der Waals surface area (Å²) in [4.78, 5) is 10.9. The first-order valence-corrected chi connectivity index (χ1v) is 6.71. The van der Waals surface area contributed by atoms with Gasteiger partial charge >= 0.3 is 5.97 Å². The van der Waals surface area contributed by atoms with Gasteiger partial charge in [0.1, 0.15) is 11.7 Å². The summed E-state index contributed by atoms with van der Waals surface area (Å²) < 4.78 is 5.25. The summed E-state index contributed by atoms with van der Waals surface area (Å²) in [5.41, 5.74) is 4.57. The largest absolute Gasteiger partial charge is 0.475 e. The van der Waals surface area contributed by atoms with Crippen LogP contribution in [0.2, 0.25) is 0 Å². The first kappa shape index (κ1) is 14.9. The molecule has 4 heteroatoms. The van der Waals surface area contributed by atoms with Gasteiger partial charge in [0, 0.05) is 0 Å². The molecule has 1 unspecified atom stereocenters. The predicted octanol–water partition coefficient (Wildman–Crippen LogP) is 3.75. The third kappa shape index (κ3) is 3.14. The maximum absolute atomic E-state index is 10.9. The van der Waals surface area contributed by atoms with Crippen LogP contribution in [0.5, 0.6) is 0 Å². The van der Waals surface area contributed by atoms with Crippen molar-refractivity contribution >= 4 is 5.97 Å². The van der Waals surface area contributed by atoms with Crippen LogP contribution in [0, 0.1) is 32.1 Å². The normalized spacial score (nSPS) is 11.9. The van der Waals surface area contributed by atoms with E-state index < -0.39 is 11.9 Å². The maximum Gasteiger partial charge on any atom is 0.371 e. The van der Waals surface area contributed by atoms with Crippen molar-refractivity contribution in [1.82, 2.24) is 0 Å². The van der Waals surface area contributed by atoms with E-state index in [1.165, 1.54) is 11.6 Å². The molecule has 1 atom stereocenters. The number of hydrogen-bond acceptors (Lipinski definition) is 3. The lowest BCUT2D eigenvalue weighted by Crippen LogP contribution is -2.04. The van der Waals surface area contributed by atoms with E-state index in [4.69, 9.17) is 9.52 Å². The number of nitriles is 1. The zero-order chi connectivity index (χ0) is 15.6.